The Morgan fingerprint density at radius 2 is 2.00 bits per heavy atom. The van der Waals surface area contributed by atoms with E-state index in [-0.39, 0.29) is 23.3 Å². The van der Waals surface area contributed by atoms with Crippen molar-refractivity contribution >= 4 is 29.0 Å². The van der Waals surface area contributed by atoms with Gasteiger partial charge in [-0.15, -0.1) is 0 Å². The quantitative estimate of drug-likeness (QED) is 0.819. The fourth-order valence-corrected chi connectivity index (χ4v) is 2.51. The Bertz CT molecular complexity index is 547. The molecule has 2 amide bonds. The second-order valence-electron chi connectivity index (χ2n) is 5.22. The molecular weight excluding hydrogens is 286 g/mol. The van der Waals surface area contributed by atoms with Crippen LogP contribution < -0.4 is 5.73 Å². The van der Waals surface area contributed by atoms with Crippen molar-refractivity contribution in [2.45, 2.75) is 6.42 Å². The van der Waals surface area contributed by atoms with Crippen LogP contribution in [0.25, 0.3) is 0 Å². The number of nitrogens with two attached hydrogens (primary N) is 1. The van der Waals surface area contributed by atoms with Crippen LogP contribution in [0.4, 0.5) is 0 Å². The minimum absolute atomic E-state index is 0.0593. The van der Waals surface area contributed by atoms with Crippen LogP contribution in [0.5, 0.6) is 0 Å². The monoisotopic (exact) mass is 305 g/mol. The standard InChI is InChI=1S/C15H19N3O2S/c1-17-7-8-18(10-13(17)19)15(20)12(14(16)21)9-11-5-3-2-4-6-11/h2-6,12H,7-10H2,1H3,(H2,16,21). The van der Waals surface area contributed by atoms with Gasteiger partial charge in [0.25, 0.3) is 0 Å². The van der Waals surface area contributed by atoms with Gasteiger partial charge < -0.3 is 15.5 Å². The normalized spacial score (nSPS) is 16.7. The van der Waals surface area contributed by atoms with Crippen LogP contribution >= 0.6 is 12.2 Å². The molecule has 0 bridgehead atoms. The summed E-state index contributed by atoms with van der Waals surface area (Å²) in [6, 6.07) is 9.62. The van der Waals surface area contributed by atoms with Gasteiger partial charge in [0.1, 0.15) is 0 Å². The predicted octanol–water partition coefficient (Wildman–Crippen LogP) is 0.432. The summed E-state index contributed by atoms with van der Waals surface area (Å²) in [5.74, 6) is -0.776. The highest BCUT2D eigenvalue weighted by Gasteiger charge is 2.31. The zero-order chi connectivity index (χ0) is 15.4. The van der Waals surface area contributed by atoms with Crippen LogP contribution in [0.15, 0.2) is 30.3 Å². The third kappa shape index (κ3) is 3.78. The average Bonchev–Trinajstić information content (AvgIpc) is 2.47. The van der Waals surface area contributed by atoms with Crippen LogP contribution in [-0.2, 0) is 16.0 Å². The molecule has 2 rings (SSSR count). The molecule has 1 aliphatic rings. The van der Waals surface area contributed by atoms with Gasteiger partial charge >= 0.3 is 0 Å². The molecule has 5 nitrogen and oxygen atoms in total. The topological polar surface area (TPSA) is 66.6 Å². The van der Waals surface area contributed by atoms with Gasteiger partial charge in [-0.3, -0.25) is 9.59 Å². The smallest absolute Gasteiger partial charge is 0.241 e. The van der Waals surface area contributed by atoms with Crippen molar-refractivity contribution < 1.29 is 9.59 Å². The predicted molar refractivity (Wildman–Crippen MR) is 84.6 cm³/mol. The molecule has 0 aliphatic carbocycles. The molecule has 1 fully saturated rings. The first-order chi connectivity index (χ1) is 9.99. The molecule has 0 saturated carbocycles. The van der Waals surface area contributed by atoms with Gasteiger partial charge in [-0.1, -0.05) is 42.5 Å². The molecule has 1 unspecified atom stereocenters. The van der Waals surface area contributed by atoms with Crippen molar-refractivity contribution in [2.75, 3.05) is 26.7 Å². The minimum atomic E-state index is -0.557. The van der Waals surface area contributed by atoms with Crippen LogP contribution in [0.2, 0.25) is 0 Å². The Morgan fingerprint density at radius 3 is 2.57 bits per heavy atom. The molecule has 112 valence electrons. The molecule has 1 saturated heterocycles. The summed E-state index contributed by atoms with van der Waals surface area (Å²) in [6.45, 7) is 1.16. The molecule has 21 heavy (non-hydrogen) atoms. The van der Waals surface area contributed by atoms with Crippen LogP contribution in [0.1, 0.15) is 5.56 Å². The Morgan fingerprint density at radius 1 is 1.33 bits per heavy atom. The molecule has 1 atom stereocenters. The highest BCUT2D eigenvalue weighted by atomic mass is 32.1. The molecular formula is C15H19N3O2S. The zero-order valence-electron chi connectivity index (χ0n) is 12.0. The lowest BCUT2D eigenvalue weighted by Gasteiger charge is -2.34. The van der Waals surface area contributed by atoms with E-state index in [2.05, 4.69) is 0 Å². The lowest BCUT2D eigenvalue weighted by Crippen LogP contribution is -2.53. The van der Waals surface area contributed by atoms with Crippen molar-refractivity contribution in [3.8, 4) is 0 Å². The number of hydrogen-bond acceptors (Lipinski definition) is 3. The summed E-state index contributed by atoms with van der Waals surface area (Å²) in [6.07, 6.45) is 0.468. The second-order valence-corrected chi connectivity index (χ2v) is 5.69. The molecule has 0 aromatic heterocycles. The van der Waals surface area contributed by atoms with E-state index in [4.69, 9.17) is 18.0 Å². The first kappa shape index (κ1) is 15.4. The average molecular weight is 305 g/mol. The lowest BCUT2D eigenvalue weighted by atomic mass is 9.97. The molecule has 0 spiro atoms. The summed E-state index contributed by atoms with van der Waals surface area (Å²) in [7, 11) is 1.74. The Labute approximate surface area is 129 Å². The Balaban J connectivity index is 2.09. The summed E-state index contributed by atoms with van der Waals surface area (Å²) in [5.41, 5.74) is 6.75. The fraction of sp³-hybridized carbons (Fsp3) is 0.400. The van der Waals surface area contributed by atoms with E-state index in [0.29, 0.717) is 19.5 Å². The van der Waals surface area contributed by atoms with Gasteiger partial charge in [0.15, 0.2) is 0 Å². The molecule has 1 aliphatic heterocycles. The number of benzene rings is 1. The summed E-state index contributed by atoms with van der Waals surface area (Å²) in [5, 5.41) is 0. The van der Waals surface area contributed by atoms with Gasteiger partial charge in [-0.05, 0) is 12.0 Å². The largest absolute Gasteiger partial charge is 0.393 e. The maximum Gasteiger partial charge on any atom is 0.241 e. The molecule has 1 aromatic carbocycles. The van der Waals surface area contributed by atoms with E-state index in [1.165, 1.54) is 0 Å². The van der Waals surface area contributed by atoms with E-state index in [9.17, 15) is 9.59 Å². The number of likely N-dealkylation sites (N-methyl/N-ethyl adjacent to an activating group) is 1. The van der Waals surface area contributed by atoms with Crippen LogP contribution in [-0.4, -0.2) is 53.3 Å². The number of thiocarbonyl (C=S) groups is 1. The Hall–Kier alpha value is -1.95. The van der Waals surface area contributed by atoms with Gasteiger partial charge in [0.2, 0.25) is 11.8 Å². The van der Waals surface area contributed by atoms with E-state index in [1.54, 1.807) is 16.8 Å². The third-order valence-corrected chi connectivity index (χ3v) is 3.98. The van der Waals surface area contributed by atoms with Crippen LogP contribution in [0.3, 0.4) is 0 Å². The summed E-state index contributed by atoms with van der Waals surface area (Å²) >= 11 is 5.05. The minimum Gasteiger partial charge on any atom is -0.393 e. The number of carbonyl (C=O) groups excluding carboxylic acids is 2. The summed E-state index contributed by atoms with van der Waals surface area (Å²) < 4.78 is 0. The first-order valence-electron chi connectivity index (χ1n) is 6.85. The Kier molecular flexibility index (Phi) is 4.90. The maximum atomic E-state index is 12.6. The van der Waals surface area contributed by atoms with Gasteiger partial charge in [-0.2, -0.15) is 0 Å². The fourth-order valence-electron chi connectivity index (χ4n) is 2.33. The number of amides is 2. The number of rotatable bonds is 4. The highest BCUT2D eigenvalue weighted by molar-refractivity contribution is 7.80. The van der Waals surface area contributed by atoms with Gasteiger partial charge in [0, 0.05) is 20.1 Å². The number of hydrogen-bond donors (Lipinski definition) is 1. The number of piperazine rings is 1. The van der Waals surface area contributed by atoms with E-state index in [0.717, 1.165) is 5.56 Å². The first-order valence-corrected chi connectivity index (χ1v) is 7.26. The van der Waals surface area contributed by atoms with Crippen LogP contribution in [0, 0.1) is 5.92 Å². The molecule has 1 aromatic rings. The van der Waals surface area contributed by atoms with Gasteiger partial charge in [-0.25, -0.2) is 0 Å². The summed E-state index contributed by atoms with van der Waals surface area (Å²) in [4.78, 5) is 27.7. The molecule has 6 heteroatoms. The van der Waals surface area contributed by atoms with Crippen molar-refractivity contribution in [3.63, 3.8) is 0 Å². The lowest BCUT2D eigenvalue weighted by molar-refractivity contribution is -0.145. The molecule has 0 radical (unpaired) electrons. The maximum absolute atomic E-state index is 12.6. The van der Waals surface area contributed by atoms with E-state index < -0.39 is 5.92 Å². The molecule has 1 heterocycles. The van der Waals surface area contributed by atoms with Crippen molar-refractivity contribution in [3.05, 3.63) is 35.9 Å². The van der Waals surface area contributed by atoms with Crippen molar-refractivity contribution in [1.29, 1.82) is 0 Å². The molecule has 2 N–H and O–H groups in total. The van der Waals surface area contributed by atoms with Crippen molar-refractivity contribution in [1.82, 2.24) is 9.80 Å². The zero-order valence-corrected chi connectivity index (χ0v) is 12.8. The third-order valence-electron chi connectivity index (χ3n) is 3.69. The van der Waals surface area contributed by atoms with E-state index >= 15 is 0 Å². The highest BCUT2D eigenvalue weighted by Crippen LogP contribution is 2.14. The SMILES string of the molecule is CN1CCN(C(=O)C(Cc2ccccc2)C(N)=S)CC1=O. The van der Waals surface area contributed by atoms with E-state index in [1.807, 2.05) is 30.3 Å². The number of nitrogens with zero attached hydrogens (tertiary/aromatic N) is 2. The van der Waals surface area contributed by atoms with Crippen molar-refractivity contribution in [2.24, 2.45) is 11.7 Å². The number of carbonyl (C=O) groups is 2. The van der Waals surface area contributed by atoms with Gasteiger partial charge in [0.05, 0.1) is 17.5 Å². The second kappa shape index (κ2) is 6.67.